The zero-order chi connectivity index (χ0) is 41.3. The number of furan rings is 1. The van der Waals surface area contributed by atoms with Crippen molar-refractivity contribution in [1.29, 1.82) is 0 Å². The van der Waals surface area contributed by atoms with Crippen LogP contribution in [0.2, 0.25) is 0 Å². The van der Waals surface area contributed by atoms with E-state index in [2.05, 4.69) is 176 Å². The fourth-order valence-corrected chi connectivity index (χ4v) is 11.6. The van der Waals surface area contributed by atoms with E-state index in [0.717, 1.165) is 38.6 Å². The van der Waals surface area contributed by atoms with Gasteiger partial charge in [-0.3, -0.25) is 0 Å². The molecule has 14 rings (SSSR count). The molecule has 3 aliphatic carbocycles. The summed E-state index contributed by atoms with van der Waals surface area (Å²) < 4.78 is 6.33. The summed E-state index contributed by atoms with van der Waals surface area (Å²) in [5.74, 6) is 1.83. The highest BCUT2D eigenvalue weighted by Crippen LogP contribution is 2.67. The maximum atomic E-state index is 6.33. The lowest BCUT2D eigenvalue weighted by molar-refractivity contribution is 0.633. The highest BCUT2D eigenvalue weighted by molar-refractivity contribution is 6.05. The molecule has 0 fully saturated rings. The van der Waals surface area contributed by atoms with Crippen LogP contribution in [0, 0.1) is 0 Å². The Bertz CT molecular complexity index is 3620. The number of aromatic nitrogens is 3. The van der Waals surface area contributed by atoms with Crippen molar-refractivity contribution < 1.29 is 4.42 Å². The SMILES string of the molecule is c1ccc(-c2nc(-c3ccc4c(c3)-c3ccccc3C43c4ccccc4C4(c5ccccc5-c5ccccc54)c4ccccc43)nc(-c3ccc4c(c3)oc3ccccc34)n2)cc1. The minimum atomic E-state index is -0.573. The molecule has 2 heterocycles. The molecule has 0 saturated heterocycles. The number of nitrogens with zero attached hydrogens (tertiary/aromatic N) is 3. The number of hydrogen-bond donors (Lipinski definition) is 0. The van der Waals surface area contributed by atoms with Gasteiger partial charge in [0, 0.05) is 27.5 Å². The second kappa shape index (κ2) is 12.7. The number of para-hydroxylation sites is 1. The van der Waals surface area contributed by atoms with Gasteiger partial charge in [0.2, 0.25) is 0 Å². The van der Waals surface area contributed by atoms with E-state index < -0.39 is 10.8 Å². The van der Waals surface area contributed by atoms with Crippen molar-refractivity contribution in [2.75, 3.05) is 0 Å². The van der Waals surface area contributed by atoms with E-state index in [1.54, 1.807) is 0 Å². The smallest absolute Gasteiger partial charge is 0.164 e. The van der Waals surface area contributed by atoms with Crippen molar-refractivity contribution in [2.24, 2.45) is 0 Å². The highest BCUT2D eigenvalue weighted by atomic mass is 16.3. The monoisotopic (exact) mass is 801 g/mol. The summed E-state index contributed by atoms with van der Waals surface area (Å²) in [6, 6.07) is 77.0. The summed E-state index contributed by atoms with van der Waals surface area (Å²) in [6.07, 6.45) is 0. The molecule has 0 saturated carbocycles. The number of fused-ring (bicyclic) bond motifs is 19. The predicted molar refractivity (Wildman–Crippen MR) is 252 cm³/mol. The zero-order valence-corrected chi connectivity index (χ0v) is 34.0. The van der Waals surface area contributed by atoms with Crippen LogP contribution < -0.4 is 0 Å². The Morgan fingerprint density at radius 2 is 0.667 bits per heavy atom. The van der Waals surface area contributed by atoms with Crippen molar-refractivity contribution in [3.05, 3.63) is 257 Å². The van der Waals surface area contributed by atoms with E-state index >= 15 is 0 Å². The van der Waals surface area contributed by atoms with Crippen LogP contribution in [0.1, 0.15) is 44.5 Å². The third kappa shape index (κ3) is 4.46. The lowest BCUT2D eigenvalue weighted by Crippen LogP contribution is -2.43. The molecule has 63 heavy (non-hydrogen) atoms. The first kappa shape index (κ1) is 34.5. The molecule has 11 aromatic rings. The molecule has 0 atom stereocenters. The predicted octanol–water partition coefficient (Wildman–Crippen LogP) is 13.8. The zero-order valence-electron chi connectivity index (χ0n) is 34.0. The molecule has 2 aromatic heterocycles. The van der Waals surface area contributed by atoms with Gasteiger partial charge in [-0.15, -0.1) is 0 Å². The minimum Gasteiger partial charge on any atom is -0.456 e. The van der Waals surface area contributed by atoms with E-state index in [1.807, 2.05) is 36.4 Å². The summed E-state index contributed by atoms with van der Waals surface area (Å²) in [5.41, 5.74) is 18.8. The molecule has 9 aromatic carbocycles. The number of benzene rings is 9. The first-order valence-electron chi connectivity index (χ1n) is 21.6. The Labute approximate surface area is 363 Å². The van der Waals surface area contributed by atoms with Gasteiger partial charge in [0.1, 0.15) is 11.2 Å². The van der Waals surface area contributed by atoms with Crippen LogP contribution >= 0.6 is 0 Å². The molecule has 0 bridgehead atoms. The molecule has 4 nitrogen and oxygen atoms in total. The van der Waals surface area contributed by atoms with Gasteiger partial charge in [-0.1, -0.05) is 188 Å². The largest absolute Gasteiger partial charge is 0.456 e. The normalized spacial score (nSPS) is 14.3. The van der Waals surface area contributed by atoms with Crippen molar-refractivity contribution in [3.8, 4) is 56.4 Å². The van der Waals surface area contributed by atoms with Gasteiger partial charge in [-0.05, 0) is 91.0 Å². The fourth-order valence-electron chi connectivity index (χ4n) is 11.6. The second-order valence-corrected chi connectivity index (χ2v) is 17.0. The lowest BCUT2D eigenvalue weighted by Gasteiger charge is -2.48. The Morgan fingerprint density at radius 1 is 0.270 bits per heavy atom. The molecular formula is C59H35N3O. The number of hydrogen-bond acceptors (Lipinski definition) is 4. The Balaban J connectivity index is 1.01. The van der Waals surface area contributed by atoms with Crippen LogP contribution in [0.15, 0.2) is 217 Å². The fraction of sp³-hybridized carbons (Fsp3) is 0.0339. The first-order chi connectivity index (χ1) is 31.2. The molecular weight excluding hydrogens is 767 g/mol. The van der Waals surface area contributed by atoms with Crippen LogP contribution in [-0.2, 0) is 10.8 Å². The Kier molecular flexibility index (Phi) is 6.94. The highest BCUT2D eigenvalue weighted by Gasteiger charge is 2.58. The molecule has 292 valence electrons. The average molecular weight is 802 g/mol. The van der Waals surface area contributed by atoms with E-state index in [4.69, 9.17) is 19.4 Å². The molecule has 0 amide bonds. The third-order valence-electron chi connectivity index (χ3n) is 14.0. The molecule has 4 heteroatoms. The number of rotatable bonds is 3. The van der Waals surface area contributed by atoms with Crippen molar-refractivity contribution in [1.82, 2.24) is 15.0 Å². The molecule has 3 aliphatic rings. The van der Waals surface area contributed by atoms with Gasteiger partial charge in [0.15, 0.2) is 17.5 Å². The van der Waals surface area contributed by atoms with Crippen molar-refractivity contribution in [2.45, 2.75) is 10.8 Å². The Morgan fingerprint density at radius 3 is 1.24 bits per heavy atom. The average Bonchev–Trinajstić information content (AvgIpc) is 3.98. The van der Waals surface area contributed by atoms with Gasteiger partial charge in [0.25, 0.3) is 0 Å². The second-order valence-electron chi connectivity index (χ2n) is 17.0. The Hall–Kier alpha value is -8.21. The van der Waals surface area contributed by atoms with Gasteiger partial charge in [-0.25, -0.2) is 15.0 Å². The van der Waals surface area contributed by atoms with Crippen molar-refractivity contribution in [3.63, 3.8) is 0 Å². The summed E-state index contributed by atoms with van der Waals surface area (Å²) in [6.45, 7) is 0. The van der Waals surface area contributed by atoms with Crippen molar-refractivity contribution >= 4 is 21.9 Å². The van der Waals surface area contributed by atoms with E-state index in [9.17, 15) is 0 Å². The van der Waals surface area contributed by atoms with Crippen LogP contribution in [0.4, 0.5) is 0 Å². The van der Waals surface area contributed by atoms with Crippen LogP contribution in [0.3, 0.4) is 0 Å². The van der Waals surface area contributed by atoms with Gasteiger partial charge >= 0.3 is 0 Å². The summed E-state index contributed by atoms with van der Waals surface area (Å²) in [4.78, 5) is 15.5. The maximum Gasteiger partial charge on any atom is 0.164 e. The summed E-state index contributed by atoms with van der Waals surface area (Å²) in [7, 11) is 0. The standard InChI is InChI=1S/C59H35N3O/c1-2-16-36(17-3-1)55-60-56(62-57(61-55)38-30-32-43-42-21-7-15-29-53(42)63-54(43)35-38)37-31-33-48-44(34-37)41-20-6-10-24-47(41)59(48)51-27-13-11-25-49(51)58(50-26-12-14-28-52(50)59)45-22-8-4-18-39(45)40-19-5-9-23-46(40)58/h1-35H. The van der Waals surface area contributed by atoms with Crippen LogP contribution in [0.25, 0.3) is 78.4 Å². The maximum absolute atomic E-state index is 6.33. The minimum absolute atomic E-state index is 0.482. The molecule has 0 aliphatic heterocycles. The summed E-state index contributed by atoms with van der Waals surface area (Å²) in [5, 5.41) is 2.16. The van der Waals surface area contributed by atoms with Gasteiger partial charge in [-0.2, -0.15) is 0 Å². The van der Waals surface area contributed by atoms with E-state index in [-0.39, 0.29) is 0 Å². The third-order valence-corrected chi connectivity index (χ3v) is 14.0. The quantitative estimate of drug-likeness (QED) is 0.179. The van der Waals surface area contributed by atoms with Crippen LogP contribution in [-0.4, -0.2) is 15.0 Å². The van der Waals surface area contributed by atoms with Gasteiger partial charge < -0.3 is 4.42 Å². The molecule has 2 spiro atoms. The van der Waals surface area contributed by atoms with Crippen LogP contribution in [0.5, 0.6) is 0 Å². The first-order valence-corrected chi connectivity index (χ1v) is 21.6. The van der Waals surface area contributed by atoms with E-state index in [1.165, 1.54) is 66.8 Å². The van der Waals surface area contributed by atoms with Gasteiger partial charge in [0.05, 0.1) is 10.8 Å². The molecule has 0 N–H and O–H groups in total. The molecule has 0 unspecified atom stereocenters. The summed E-state index contributed by atoms with van der Waals surface area (Å²) >= 11 is 0. The molecule has 0 radical (unpaired) electrons. The van der Waals surface area contributed by atoms with E-state index in [0.29, 0.717) is 17.5 Å². The lowest BCUT2D eigenvalue weighted by atomic mass is 9.52. The topological polar surface area (TPSA) is 51.8 Å².